The molecule has 0 aliphatic rings. The summed E-state index contributed by atoms with van der Waals surface area (Å²) in [5.74, 6) is 0.754. The van der Waals surface area contributed by atoms with Crippen LogP contribution < -0.4 is 0 Å². The number of aromatic hydroxyl groups is 3. The van der Waals surface area contributed by atoms with E-state index >= 15 is 0 Å². The van der Waals surface area contributed by atoms with Crippen LogP contribution in [0.5, 0.6) is 17.2 Å². The van der Waals surface area contributed by atoms with Crippen LogP contribution in [-0.4, -0.2) is 15.3 Å². The summed E-state index contributed by atoms with van der Waals surface area (Å²) in [4.78, 5) is 0. The summed E-state index contributed by atoms with van der Waals surface area (Å²) >= 11 is 0. The van der Waals surface area contributed by atoms with Crippen LogP contribution in [0.1, 0.15) is 33.4 Å². The maximum Gasteiger partial charge on any atom is 0.121 e. The quantitative estimate of drug-likeness (QED) is 0.354. The summed E-state index contributed by atoms with van der Waals surface area (Å²) in [7, 11) is 0. The zero-order valence-electron chi connectivity index (χ0n) is 17.7. The van der Waals surface area contributed by atoms with Gasteiger partial charge in [-0.1, -0.05) is 66.7 Å². The van der Waals surface area contributed by atoms with Crippen LogP contribution in [0.2, 0.25) is 0 Å². The number of benzene rings is 4. The summed E-state index contributed by atoms with van der Waals surface area (Å²) in [6.07, 6.45) is 0.647. The normalized spacial score (nSPS) is 11.4. The van der Waals surface area contributed by atoms with Crippen LogP contribution in [0.15, 0.2) is 91.0 Å². The second kappa shape index (κ2) is 8.19. The van der Waals surface area contributed by atoms with E-state index in [4.69, 9.17) is 0 Å². The second-order valence-electron chi connectivity index (χ2n) is 8.12. The maximum atomic E-state index is 10.3. The Kier molecular flexibility index (Phi) is 5.43. The van der Waals surface area contributed by atoms with E-state index in [1.807, 2.05) is 68.4 Å². The molecule has 3 N–H and O–H groups in total. The number of phenolic OH excluding ortho intramolecular Hbond substituents is 3. The van der Waals surface area contributed by atoms with Crippen LogP contribution in [0.3, 0.4) is 0 Å². The van der Waals surface area contributed by atoms with Crippen molar-refractivity contribution in [3.8, 4) is 17.2 Å². The topological polar surface area (TPSA) is 60.7 Å². The van der Waals surface area contributed by atoms with Crippen molar-refractivity contribution < 1.29 is 15.3 Å². The van der Waals surface area contributed by atoms with E-state index in [0.717, 1.165) is 33.4 Å². The fourth-order valence-electron chi connectivity index (χ4n) is 4.47. The minimum Gasteiger partial charge on any atom is -0.508 e. The van der Waals surface area contributed by atoms with E-state index in [0.29, 0.717) is 12.2 Å². The van der Waals surface area contributed by atoms with Gasteiger partial charge in [-0.25, -0.2) is 0 Å². The number of phenols is 3. The van der Waals surface area contributed by atoms with Crippen molar-refractivity contribution in [2.24, 2.45) is 0 Å². The van der Waals surface area contributed by atoms with Gasteiger partial charge in [0.2, 0.25) is 0 Å². The van der Waals surface area contributed by atoms with E-state index in [1.54, 1.807) is 24.3 Å². The van der Waals surface area contributed by atoms with Crippen molar-refractivity contribution in [2.75, 3.05) is 0 Å². The summed E-state index contributed by atoms with van der Waals surface area (Å²) in [6.45, 7) is 3.83. The molecule has 0 radical (unpaired) electrons. The highest BCUT2D eigenvalue weighted by molar-refractivity contribution is 5.54. The second-order valence-corrected chi connectivity index (χ2v) is 8.12. The molecule has 0 amide bonds. The molecule has 4 rings (SSSR count). The predicted octanol–water partition coefficient (Wildman–Crippen LogP) is 6.00. The molecule has 0 aliphatic carbocycles. The molecule has 0 saturated heterocycles. The molecule has 0 aliphatic heterocycles. The summed E-state index contributed by atoms with van der Waals surface area (Å²) in [5.41, 5.74) is 5.39. The van der Waals surface area contributed by atoms with Crippen LogP contribution in [0, 0.1) is 13.8 Å². The Balaban J connectivity index is 2.02. The Morgan fingerprint density at radius 2 is 1.00 bits per heavy atom. The molecule has 0 atom stereocenters. The average molecular weight is 411 g/mol. The highest BCUT2D eigenvalue weighted by Gasteiger charge is 2.37. The first-order chi connectivity index (χ1) is 14.9. The predicted molar refractivity (Wildman–Crippen MR) is 124 cm³/mol. The van der Waals surface area contributed by atoms with E-state index in [1.165, 1.54) is 0 Å². The lowest BCUT2D eigenvalue weighted by molar-refractivity contribution is 0.466. The van der Waals surface area contributed by atoms with Gasteiger partial charge in [0.25, 0.3) is 0 Å². The Morgan fingerprint density at radius 3 is 1.45 bits per heavy atom. The molecule has 0 bridgehead atoms. The van der Waals surface area contributed by atoms with Gasteiger partial charge in [0, 0.05) is 5.41 Å². The van der Waals surface area contributed by atoms with Crippen molar-refractivity contribution >= 4 is 0 Å². The minimum atomic E-state index is -0.557. The number of hydrogen-bond acceptors (Lipinski definition) is 3. The summed E-state index contributed by atoms with van der Waals surface area (Å²) < 4.78 is 0. The van der Waals surface area contributed by atoms with E-state index in [-0.39, 0.29) is 11.5 Å². The van der Waals surface area contributed by atoms with E-state index < -0.39 is 5.41 Å². The van der Waals surface area contributed by atoms with Gasteiger partial charge in [0.1, 0.15) is 17.2 Å². The Bertz CT molecular complexity index is 1110. The molecule has 0 fully saturated rings. The van der Waals surface area contributed by atoms with Crippen molar-refractivity contribution in [3.05, 3.63) is 124 Å². The van der Waals surface area contributed by atoms with Gasteiger partial charge in [-0.2, -0.15) is 0 Å². The van der Waals surface area contributed by atoms with Gasteiger partial charge in [0.05, 0.1) is 0 Å². The molecule has 0 unspecified atom stereocenters. The van der Waals surface area contributed by atoms with E-state index in [2.05, 4.69) is 12.1 Å². The molecule has 4 aromatic rings. The molecular formula is C28H26O3. The lowest BCUT2D eigenvalue weighted by Gasteiger charge is -2.36. The SMILES string of the molecule is Cc1cc(CC(c2ccccc2)(c2ccc(O)cc2)c2ccc(O)cc2)cc(C)c1O. The third kappa shape index (κ3) is 3.87. The highest BCUT2D eigenvalue weighted by Crippen LogP contribution is 2.43. The van der Waals surface area contributed by atoms with Crippen LogP contribution in [0.4, 0.5) is 0 Å². The Hall–Kier alpha value is -3.72. The minimum absolute atomic E-state index is 0.216. The average Bonchev–Trinajstić information content (AvgIpc) is 2.78. The first-order valence-corrected chi connectivity index (χ1v) is 10.3. The first-order valence-electron chi connectivity index (χ1n) is 10.3. The van der Waals surface area contributed by atoms with Gasteiger partial charge in [-0.05, 0) is 77.9 Å². The molecule has 156 valence electrons. The smallest absolute Gasteiger partial charge is 0.121 e. The molecule has 31 heavy (non-hydrogen) atoms. The molecule has 3 heteroatoms. The number of rotatable bonds is 5. The van der Waals surface area contributed by atoms with Gasteiger partial charge >= 0.3 is 0 Å². The molecular weight excluding hydrogens is 384 g/mol. The molecule has 0 saturated carbocycles. The highest BCUT2D eigenvalue weighted by atomic mass is 16.3. The van der Waals surface area contributed by atoms with Crippen molar-refractivity contribution in [1.82, 2.24) is 0 Å². The molecule has 0 heterocycles. The first kappa shape index (κ1) is 20.5. The summed E-state index contributed by atoms with van der Waals surface area (Å²) in [6, 6.07) is 29.0. The molecule has 3 nitrogen and oxygen atoms in total. The van der Waals surface area contributed by atoms with Gasteiger partial charge in [-0.15, -0.1) is 0 Å². The Morgan fingerprint density at radius 1 is 0.581 bits per heavy atom. The molecule has 4 aromatic carbocycles. The van der Waals surface area contributed by atoms with Crippen molar-refractivity contribution in [2.45, 2.75) is 25.7 Å². The fourth-order valence-corrected chi connectivity index (χ4v) is 4.47. The van der Waals surface area contributed by atoms with Gasteiger partial charge in [-0.3, -0.25) is 0 Å². The van der Waals surface area contributed by atoms with Gasteiger partial charge in [0.15, 0.2) is 0 Å². The van der Waals surface area contributed by atoms with Gasteiger partial charge < -0.3 is 15.3 Å². The number of aryl methyl sites for hydroxylation is 2. The van der Waals surface area contributed by atoms with Crippen molar-refractivity contribution in [3.63, 3.8) is 0 Å². The lowest BCUT2D eigenvalue weighted by atomic mass is 9.66. The maximum absolute atomic E-state index is 10.3. The Labute approximate surface area is 182 Å². The zero-order chi connectivity index (χ0) is 22.0. The lowest BCUT2D eigenvalue weighted by Crippen LogP contribution is -2.32. The van der Waals surface area contributed by atoms with Crippen LogP contribution >= 0.6 is 0 Å². The standard InChI is InChI=1S/C28H26O3/c1-19-16-21(17-20(2)27(19)31)18-28(22-6-4-3-5-7-22,23-8-12-25(29)13-9-23)24-10-14-26(30)15-11-24/h3-17,29-31H,18H2,1-2H3. The third-order valence-corrected chi connectivity index (χ3v) is 6.01. The summed E-state index contributed by atoms with van der Waals surface area (Å²) in [5, 5.41) is 30.1. The van der Waals surface area contributed by atoms with E-state index in [9.17, 15) is 15.3 Å². The molecule has 0 spiro atoms. The number of hydrogen-bond donors (Lipinski definition) is 3. The monoisotopic (exact) mass is 410 g/mol. The van der Waals surface area contributed by atoms with Crippen molar-refractivity contribution in [1.29, 1.82) is 0 Å². The van der Waals surface area contributed by atoms with Crippen LogP contribution in [-0.2, 0) is 11.8 Å². The third-order valence-electron chi connectivity index (χ3n) is 6.01. The zero-order valence-corrected chi connectivity index (χ0v) is 17.7. The van der Waals surface area contributed by atoms with Crippen LogP contribution in [0.25, 0.3) is 0 Å². The fraction of sp³-hybridized carbons (Fsp3) is 0.143. The largest absolute Gasteiger partial charge is 0.508 e. The molecule has 0 aromatic heterocycles.